The molecular weight excluding hydrogens is 324 g/mol. The molecule has 1 amide bonds. The largest absolute Gasteiger partial charge is 0.497 e. The summed E-state index contributed by atoms with van der Waals surface area (Å²) in [5.74, 6) is 1.34. The highest BCUT2D eigenvalue weighted by atomic mass is 79.9. The number of nitrogens with zero attached hydrogens (tertiary/aromatic N) is 2. The van der Waals surface area contributed by atoms with E-state index in [9.17, 15) is 4.79 Å². The van der Waals surface area contributed by atoms with Crippen LogP contribution in [0.2, 0.25) is 0 Å². The quantitative estimate of drug-likeness (QED) is 0.833. The third-order valence-electron chi connectivity index (χ3n) is 3.35. The van der Waals surface area contributed by atoms with Crippen LogP contribution in [0.5, 0.6) is 11.5 Å². The normalized spacial score (nSPS) is 16.1. The van der Waals surface area contributed by atoms with Crippen molar-refractivity contribution in [1.29, 1.82) is 0 Å². The molecule has 1 heterocycles. The Morgan fingerprint density at radius 1 is 1.30 bits per heavy atom. The van der Waals surface area contributed by atoms with Gasteiger partial charge < -0.3 is 19.3 Å². The van der Waals surface area contributed by atoms with Gasteiger partial charge in [-0.05, 0) is 35.1 Å². The third-order valence-corrected chi connectivity index (χ3v) is 4.00. The smallest absolute Gasteiger partial charge is 0.260 e. The average molecular weight is 343 g/mol. The molecule has 5 nitrogen and oxygen atoms in total. The molecule has 0 spiro atoms. The Labute approximate surface area is 127 Å². The van der Waals surface area contributed by atoms with Crippen molar-refractivity contribution < 1.29 is 14.3 Å². The van der Waals surface area contributed by atoms with Crippen LogP contribution in [0.25, 0.3) is 0 Å². The van der Waals surface area contributed by atoms with Crippen molar-refractivity contribution in [1.82, 2.24) is 9.80 Å². The van der Waals surface area contributed by atoms with Crippen LogP contribution >= 0.6 is 15.9 Å². The van der Waals surface area contributed by atoms with Gasteiger partial charge in [-0.2, -0.15) is 0 Å². The fourth-order valence-electron chi connectivity index (χ4n) is 2.01. The van der Waals surface area contributed by atoms with Gasteiger partial charge in [0.25, 0.3) is 5.91 Å². The Kier molecular flexibility index (Phi) is 5.25. The Bertz CT molecular complexity index is 473. The second-order valence-electron chi connectivity index (χ2n) is 4.77. The molecule has 0 atom stereocenters. The molecular formula is C14H19BrN2O3. The molecule has 6 heteroatoms. The van der Waals surface area contributed by atoms with E-state index in [0.717, 1.165) is 30.7 Å². The Balaban J connectivity index is 1.90. The number of carbonyl (C=O) groups excluding carboxylic acids is 1. The number of ether oxygens (including phenoxy) is 2. The number of piperazine rings is 1. The summed E-state index contributed by atoms with van der Waals surface area (Å²) in [6, 6.07) is 5.44. The van der Waals surface area contributed by atoms with Crippen molar-refractivity contribution in [2.45, 2.75) is 0 Å². The lowest BCUT2D eigenvalue weighted by Gasteiger charge is -2.32. The number of rotatable bonds is 4. The molecule has 1 fully saturated rings. The molecule has 1 aromatic rings. The molecule has 0 saturated carbocycles. The monoisotopic (exact) mass is 342 g/mol. The fourth-order valence-corrected chi connectivity index (χ4v) is 2.37. The SMILES string of the molecule is COc1ccc(Br)c(OCC(=O)N2CCN(C)CC2)c1. The summed E-state index contributed by atoms with van der Waals surface area (Å²) in [6.45, 7) is 3.40. The molecule has 0 aromatic heterocycles. The average Bonchev–Trinajstić information content (AvgIpc) is 2.47. The van der Waals surface area contributed by atoms with Gasteiger partial charge in [0.05, 0.1) is 11.6 Å². The van der Waals surface area contributed by atoms with Crippen molar-refractivity contribution in [3.8, 4) is 11.5 Å². The molecule has 0 unspecified atom stereocenters. The predicted octanol–water partition coefficient (Wildman–Crippen LogP) is 1.61. The first-order valence-corrected chi connectivity index (χ1v) is 7.32. The van der Waals surface area contributed by atoms with Gasteiger partial charge in [0, 0.05) is 32.2 Å². The first-order chi connectivity index (χ1) is 9.60. The number of hydrogen-bond donors (Lipinski definition) is 0. The van der Waals surface area contributed by atoms with Crippen LogP contribution in [-0.4, -0.2) is 62.7 Å². The third kappa shape index (κ3) is 3.86. The summed E-state index contributed by atoms with van der Waals surface area (Å²) in [6.07, 6.45) is 0. The predicted molar refractivity (Wildman–Crippen MR) is 80.3 cm³/mol. The van der Waals surface area contributed by atoms with E-state index in [1.54, 1.807) is 13.2 Å². The Hall–Kier alpha value is -1.27. The number of methoxy groups -OCH3 is 1. The molecule has 0 N–H and O–H groups in total. The van der Waals surface area contributed by atoms with Gasteiger partial charge in [0.2, 0.25) is 0 Å². The number of halogens is 1. The van der Waals surface area contributed by atoms with Crippen LogP contribution in [0.1, 0.15) is 0 Å². The van der Waals surface area contributed by atoms with E-state index in [0.29, 0.717) is 11.5 Å². The molecule has 20 heavy (non-hydrogen) atoms. The van der Waals surface area contributed by atoms with Crippen LogP contribution in [0.3, 0.4) is 0 Å². The fraction of sp³-hybridized carbons (Fsp3) is 0.500. The minimum absolute atomic E-state index is 0.0211. The Morgan fingerprint density at radius 2 is 2.00 bits per heavy atom. The summed E-state index contributed by atoms with van der Waals surface area (Å²) in [5, 5.41) is 0. The maximum Gasteiger partial charge on any atom is 0.260 e. The number of likely N-dealkylation sites (N-methyl/N-ethyl adjacent to an activating group) is 1. The molecule has 0 aliphatic carbocycles. The van der Waals surface area contributed by atoms with E-state index < -0.39 is 0 Å². The summed E-state index contributed by atoms with van der Waals surface area (Å²) in [7, 11) is 3.66. The summed E-state index contributed by atoms with van der Waals surface area (Å²) >= 11 is 3.40. The standard InChI is InChI=1S/C14H19BrN2O3/c1-16-5-7-17(8-6-16)14(18)10-20-13-9-11(19-2)3-4-12(13)15/h3-4,9H,5-8,10H2,1-2H3. The zero-order valence-corrected chi connectivity index (χ0v) is 13.4. The zero-order valence-electron chi connectivity index (χ0n) is 11.8. The first kappa shape index (κ1) is 15.1. The highest BCUT2D eigenvalue weighted by Gasteiger charge is 2.19. The topological polar surface area (TPSA) is 42.0 Å². The van der Waals surface area contributed by atoms with Gasteiger partial charge in [0.15, 0.2) is 6.61 Å². The van der Waals surface area contributed by atoms with Crippen LogP contribution in [0, 0.1) is 0 Å². The lowest BCUT2D eigenvalue weighted by atomic mass is 10.3. The van der Waals surface area contributed by atoms with E-state index in [4.69, 9.17) is 9.47 Å². The zero-order chi connectivity index (χ0) is 14.5. The maximum atomic E-state index is 12.1. The second-order valence-corrected chi connectivity index (χ2v) is 5.62. The van der Waals surface area contributed by atoms with E-state index in [-0.39, 0.29) is 12.5 Å². The lowest BCUT2D eigenvalue weighted by Crippen LogP contribution is -2.48. The highest BCUT2D eigenvalue weighted by molar-refractivity contribution is 9.10. The van der Waals surface area contributed by atoms with Crippen LogP contribution in [0.4, 0.5) is 0 Å². The van der Waals surface area contributed by atoms with Crippen LogP contribution < -0.4 is 9.47 Å². The highest BCUT2D eigenvalue weighted by Crippen LogP contribution is 2.29. The van der Waals surface area contributed by atoms with Gasteiger partial charge >= 0.3 is 0 Å². The van der Waals surface area contributed by atoms with Gasteiger partial charge in [0.1, 0.15) is 11.5 Å². The second kappa shape index (κ2) is 6.95. The van der Waals surface area contributed by atoms with E-state index in [2.05, 4.69) is 27.9 Å². The maximum absolute atomic E-state index is 12.1. The van der Waals surface area contributed by atoms with Gasteiger partial charge in [-0.25, -0.2) is 0 Å². The molecule has 1 saturated heterocycles. The van der Waals surface area contributed by atoms with E-state index in [1.165, 1.54) is 0 Å². The van der Waals surface area contributed by atoms with Gasteiger partial charge in [-0.1, -0.05) is 0 Å². The van der Waals surface area contributed by atoms with Gasteiger partial charge in [-0.3, -0.25) is 4.79 Å². The molecule has 1 aliphatic heterocycles. The van der Waals surface area contributed by atoms with Crippen molar-refractivity contribution >= 4 is 21.8 Å². The summed E-state index contributed by atoms with van der Waals surface area (Å²) < 4.78 is 11.5. The molecule has 2 rings (SSSR count). The summed E-state index contributed by atoms with van der Waals surface area (Å²) in [4.78, 5) is 16.1. The molecule has 1 aromatic carbocycles. The molecule has 0 radical (unpaired) electrons. The van der Waals surface area contributed by atoms with E-state index in [1.807, 2.05) is 17.0 Å². The number of hydrogen-bond acceptors (Lipinski definition) is 4. The molecule has 1 aliphatic rings. The van der Waals surface area contributed by atoms with Crippen molar-refractivity contribution in [2.24, 2.45) is 0 Å². The number of carbonyl (C=O) groups is 1. The van der Waals surface area contributed by atoms with Crippen molar-refractivity contribution in [3.05, 3.63) is 22.7 Å². The minimum atomic E-state index is 0.0211. The molecule has 0 bridgehead atoms. The van der Waals surface area contributed by atoms with Crippen molar-refractivity contribution in [3.63, 3.8) is 0 Å². The number of benzene rings is 1. The first-order valence-electron chi connectivity index (χ1n) is 6.53. The molecule has 110 valence electrons. The Morgan fingerprint density at radius 3 is 2.65 bits per heavy atom. The minimum Gasteiger partial charge on any atom is -0.497 e. The number of amides is 1. The van der Waals surface area contributed by atoms with Crippen LogP contribution in [0.15, 0.2) is 22.7 Å². The van der Waals surface area contributed by atoms with Gasteiger partial charge in [-0.15, -0.1) is 0 Å². The van der Waals surface area contributed by atoms with E-state index >= 15 is 0 Å². The van der Waals surface area contributed by atoms with Crippen LogP contribution in [-0.2, 0) is 4.79 Å². The van der Waals surface area contributed by atoms with Crippen molar-refractivity contribution in [2.75, 3.05) is 46.9 Å². The summed E-state index contributed by atoms with van der Waals surface area (Å²) in [5.41, 5.74) is 0. The lowest BCUT2D eigenvalue weighted by molar-refractivity contribution is -0.134.